The molecule has 2 aromatic rings. The fourth-order valence-electron chi connectivity index (χ4n) is 2.21. The number of hydrogen-bond acceptors (Lipinski definition) is 4. The Morgan fingerprint density at radius 3 is 2.95 bits per heavy atom. The Morgan fingerprint density at radius 1 is 1.42 bits per heavy atom. The van der Waals surface area contributed by atoms with E-state index >= 15 is 0 Å². The van der Waals surface area contributed by atoms with E-state index < -0.39 is 0 Å². The maximum absolute atomic E-state index is 6.01. The number of hydrogen-bond donors (Lipinski definition) is 1. The maximum atomic E-state index is 6.01. The van der Waals surface area contributed by atoms with Crippen molar-refractivity contribution in [1.82, 2.24) is 4.98 Å². The molecule has 19 heavy (non-hydrogen) atoms. The van der Waals surface area contributed by atoms with Gasteiger partial charge in [-0.05, 0) is 31.0 Å². The molecule has 0 bridgehead atoms. The van der Waals surface area contributed by atoms with Gasteiger partial charge in [0.05, 0.1) is 22.9 Å². The van der Waals surface area contributed by atoms with Gasteiger partial charge >= 0.3 is 0 Å². The van der Waals surface area contributed by atoms with Crippen molar-refractivity contribution in [3.63, 3.8) is 0 Å². The minimum Gasteiger partial charge on any atom is -0.486 e. The standard InChI is InChI=1S/C15H18N2OS/c1-9(2)15-7-16-12-6-11(4-5-14(12)18-15)13-8-19-10(3)17-13/h4-6,8-9,15-16H,7H2,1-3H3. The largest absolute Gasteiger partial charge is 0.486 e. The van der Waals surface area contributed by atoms with Crippen molar-refractivity contribution in [2.45, 2.75) is 26.9 Å². The van der Waals surface area contributed by atoms with Crippen LogP contribution in [0.15, 0.2) is 23.6 Å². The molecule has 0 saturated carbocycles. The first-order valence-corrected chi connectivity index (χ1v) is 7.48. The summed E-state index contributed by atoms with van der Waals surface area (Å²) in [6, 6.07) is 6.25. The van der Waals surface area contributed by atoms with Crippen LogP contribution < -0.4 is 10.1 Å². The highest BCUT2D eigenvalue weighted by Crippen LogP contribution is 2.34. The van der Waals surface area contributed by atoms with Crippen LogP contribution in [-0.4, -0.2) is 17.6 Å². The van der Waals surface area contributed by atoms with Gasteiger partial charge in [-0.1, -0.05) is 13.8 Å². The first-order chi connectivity index (χ1) is 9.13. The number of rotatable bonds is 2. The van der Waals surface area contributed by atoms with Gasteiger partial charge in [-0.25, -0.2) is 4.98 Å². The second-order valence-electron chi connectivity index (χ2n) is 5.24. The van der Waals surface area contributed by atoms with Gasteiger partial charge in [0.15, 0.2) is 0 Å². The van der Waals surface area contributed by atoms with Crippen LogP contribution in [0.2, 0.25) is 0 Å². The monoisotopic (exact) mass is 274 g/mol. The molecular weight excluding hydrogens is 256 g/mol. The molecule has 0 saturated heterocycles. The van der Waals surface area contributed by atoms with Crippen molar-refractivity contribution >= 4 is 17.0 Å². The maximum Gasteiger partial charge on any atom is 0.142 e. The van der Waals surface area contributed by atoms with E-state index in [1.165, 1.54) is 0 Å². The van der Waals surface area contributed by atoms with Crippen LogP contribution >= 0.6 is 11.3 Å². The SMILES string of the molecule is Cc1nc(-c2ccc3c(c2)NCC(C(C)C)O3)cs1. The van der Waals surface area contributed by atoms with E-state index in [1.54, 1.807) is 11.3 Å². The Balaban J connectivity index is 1.89. The topological polar surface area (TPSA) is 34.2 Å². The lowest BCUT2D eigenvalue weighted by molar-refractivity contribution is 0.156. The van der Waals surface area contributed by atoms with Crippen LogP contribution in [0.5, 0.6) is 5.75 Å². The zero-order valence-electron chi connectivity index (χ0n) is 11.4. The van der Waals surface area contributed by atoms with Crippen molar-refractivity contribution in [2.75, 3.05) is 11.9 Å². The molecule has 3 nitrogen and oxygen atoms in total. The molecule has 1 aromatic heterocycles. The van der Waals surface area contributed by atoms with E-state index in [4.69, 9.17) is 4.74 Å². The Kier molecular flexibility index (Phi) is 3.19. The van der Waals surface area contributed by atoms with E-state index in [0.717, 1.165) is 34.2 Å². The van der Waals surface area contributed by atoms with Gasteiger partial charge in [-0.3, -0.25) is 0 Å². The van der Waals surface area contributed by atoms with Crippen LogP contribution in [0.3, 0.4) is 0 Å². The summed E-state index contributed by atoms with van der Waals surface area (Å²) in [7, 11) is 0. The number of aromatic nitrogens is 1. The van der Waals surface area contributed by atoms with Crippen molar-refractivity contribution in [3.05, 3.63) is 28.6 Å². The van der Waals surface area contributed by atoms with Gasteiger partial charge in [0.2, 0.25) is 0 Å². The van der Waals surface area contributed by atoms with Crippen LogP contribution in [0, 0.1) is 12.8 Å². The van der Waals surface area contributed by atoms with Crippen molar-refractivity contribution in [2.24, 2.45) is 5.92 Å². The van der Waals surface area contributed by atoms with Gasteiger partial charge in [0, 0.05) is 10.9 Å². The fourth-order valence-corrected chi connectivity index (χ4v) is 2.84. The van der Waals surface area contributed by atoms with Gasteiger partial charge in [-0.15, -0.1) is 11.3 Å². The molecule has 4 heteroatoms. The molecule has 1 atom stereocenters. The summed E-state index contributed by atoms with van der Waals surface area (Å²) in [4.78, 5) is 4.52. The molecule has 0 spiro atoms. The lowest BCUT2D eigenvalue weighted by Crippen LogP contribution is -2.34. The van der Waals surface area contributed by atoms with E-state index in [9.17, 15) is 0 Å². The van der Waals surface area contributed by atoms with Crippen molar-refractivity contribution < 1.29 is 4.74 Å². The Bertz CT molecular complexity index is 592. The summed E-state index contributed by atoms with van der Waals surface area (Å²) >= 11 is 1.68. The first-order valence-electron chi connectivity index (χ1n) is 6.60. The first kappa shape index (κ1) is 12.5. The third-order valence-corrected chi connectivity index (χ3v) is 4.18. The summed E-state index contributed by atoms with van der Waals surface area (Å²) in [6.45, 7) is 7.26. The van der Waals surface area contributed by atoms with Gasteiger partial charge < -0.3 is 10.1 Å². The number of thiazole rings is 1. The highest BCUT2D eigenvalue weighted by Gasteiger charge is 2.22. The summed E-state index contributed by atoms with van der Waals surface area (Å²) in [5.41, 5.74) is 3.25. The normalized spacial score (nSPS) is 17.8. The zero-order valence-corrected chi connectivity index (χ0v) is 12.3. The third kappa shape index (κ3) is 2.45. The third-order valence-electron chi connectivity index (χ3n) is 3.41. The van der Waals surface area contributed by atoms with E-state index in [-0.39, 0.29) is 6.10 Å². The van der Waals surface area contributed by atoms with Gasteiger partial charge in [-0.2, -0.15) is 0 Å². The molecule has 0 fully saturated rings. The Labute approximate surface area is 117 Å². The number of benzene rings is 1. The molecule has 3 rings (SSSR count). The molecule has 1 aromatic carbocycles. The molecule has 0 radical (unpaired) electrons. The molecule has 1 unspecified atom stereocenters. The molecule has 100 valence electrons. The van der Waals surface area contributed by atoms with Crippen LogP contribution in [0.25, 0.3) is 11.3 Å². The van der Waals surface area contributed by atoms with Gasteiger partial charge in [0.25, 0.3) is 0 Å². The smallest absolute Gasteiger partial charge is 0.142 e. The second-order valence-corrected chi connectivity index (χ2v) is 6.31. The minimum absolute atomic E-state index is 0.250. The van der Waals surface area contributed by atoms with E-state index in [1.807, 2.05) is 13.0 Å². The van der Waals surface area contributed by atoms with Crippen molar-refractivity contribution in [3.8, 4) is 17.0 Å². The average molecular weight is 274 g/mol. The molecule has 0 amide bonds. The number of anilines is 1. The molecule has 1 aliphatic rings. The summed E-state index contributed by atoms with van der Waals surface area (Å²) < 4.78 is 6.01. The van der Waals surface area contributed by atoms with Crippen LogP contribution in [0.4, 0.5) is 5.69 Å². The zero-order chi connectivity index (χ0) is 13.4. The number of fused-ring (bicyclic) bond motifs is 1. The highest BCUT2D eigenvalue weighted by atomic mass is 32.1. The molecule has 0 aliphatic carbocycles. The van der Waals surface area contributed by atoms with E-state index in [2.05, 4.69) is 41.7 Å². The summed E-state index contributed by atoms with van der Waals surface area (Å²) in [5, 5.41) is 6.65. The minimum atomic E-state index is 0.250. The second kappa shape index (κ2) is 4.85. The molecule has 2 heterocycles. The predicted molar refractivity (Wildman–Crippen MR) is 80.0 cm³/mol. The predicted octanol–water partition coefficient (Wildman–Crippen LogP) is 3.95. The highest BCUT2D eigenvalue weighted by molar-refractivity contribution is 7.09. The average Bonchev–Trinajstić information content (AvgIpc) is 2.84. The van der Waals surface area contributed by atoms with Crippen LogP contribution in [-0.2, 0) is 0 Å². The molecule has 1 aliphatic heterocycles. The Hall–Kier alpha value is -1.55. The summed E-state index contributed by atoms with van der Waals surface area (Å²) in [6.07, 6.45) is 0.250. The Morgan fingerprint density at radius 2 is 2.26 bits per heavy atom. The number of aryl methyl sites for hydroxylation is 1. The van der Waals surface area contributed by atoms with E-state index in [0.29, 0.717) is 5.92 Å². The number of ether oxygens (including phenoxy) is 1. The lowest BCUT2D eigenvalue weighted by Gasteiger charge is -2.30. The fraction of sp³-hybridized carbons (Fsp3) is 0.400. The number of nitrogens with zero attached hydrogens (tertiary/aromatic N) is 1. The quantitative estimate of drug-likeness (QED) is 0.900. The lowest BCUT2D eigenvalue weighted by atomic mass is 10.0. The van der Waals surface area contributed by atoms with Gasteiger partial charge in [0.1, 0.15) is 11.9 Å². The number of nitrogens with one attached hydrogen (secondary N) is 1. The molecule has 1 N–H and O–H groups in total. The summed E-state index contributed by atoms with van der Waals surface area (Å²) in [5.74, 6) is 1.46. The van der Waals surface area contributed by atoms with Crippen molar-refractivity contribution in [1.29, 1.82) is 0 Å². The van der Waals surface area contributed by atoms with Crippen LogP contribution in [0.1, 0.15) is 18.9 Å². The molecular formula is C15H18N2OS.